The first kappa shape index (κ1) is 21.7. The van der Waals surface area contributed by atoms with Gasteiger partial charge in [-0.05, 0) is 36.2 Å². The van der Waals surface area contributed by atoms with Crippen LogP contribution in [0.1, 0.15) is 34.5 Å². The Bertz CT molecular complexity index is 1310. The van der Waals surface area contributed by atoms with Gasteiger partial charge in [-0.3, -0.25) is 24.6 Å². The third-order valence-electron chi connectivity index (χ3n) is 7.10. The average molecular weight is 477 g/mol. The molecule has 0 saturated carbocycles. The van der Waals surface area contributed by atoms with E-state index in [2.05, 4.69) is 15.2 Å². The second-order valence-electron chi connectivity index (χ2n) is 9.32. The highest BCUT2D eigenvalue weighted by Crippen LogP contribution is 2.33. The number of nitrogens with one attached hydrogen (secondary N) is 1. The van der Waals surface area contributed by atoms with Crippen molar-refractivity contribution < 1.29 is 18.8 Å². The normalized spacial score (nSPS) is 21.1. The number of benzene rings is 1. The van der Waals surface area contributed by atoms with Crippen molar-refractivity contribution in [3.63, 3.8) is 0 Å². The zero-order chi connectivity index (χ0) is 24.1. The number of anilines is 1. The predicted molar refractivity (Wildman–Crippen MR) is 125 cm³/mol. The molecule has 5 heterocycles. The number of halogens is 1. The Labute approximate surface area is 201 Å². The highest BCUT2D eigenvalue weighted by Gasteiger charge is 2.40. The number of nitrogens with zero attached hydrogens (tertiary/aromatic N) is 5. The molecule has 3 amide bonds. The highest BCUT2D eigenvalue weighted by atomic mass is 19.1. The Balaban J connectivity index is 1.13. The maximum absolute atomic E-state index is 15.1. The minimum Gasteiger partial charge on any atom is -0.367 e. The Morgan fingerprint density at radius 1 is 1.09 bits per heavy atom. The zero-order valence-electron chi connectivity index (χ0n) is 19.1. The van der Waals surface area contributed by atoms with Crippen molar-refractivity contribution in [1.29, 1.82) is 0 Å². The van der Waals surface area contributed by atoms with E-state index >= 15 is 4.39 Å². The monoisotopic (exact) mass is 476 g/mol. The number of carbonyl (C=O) groups excluding carboxylic acids is 3. The van der Waals surface area contributed by atoms with E-state index in [1.54, 1.807) is 6.07 Å². The number of imidazole rings is 1. The number of pyridine rings is 1. The molecule has 2 aromatic heterocycles. The average Bonchev–Trinajstić information content (AvgIpc) is 3.39. The minimum absolute atomic E-state index is 0.190. The number of aromatic nitrogens is 2. The number of piperazine rings is 1. The molecular formula is C25H25FN6O3. The van der Waals surface area contributed by atoms with Crippen LogP contribution in [0.15, 0.2) is 42.7 Å². The second-order valence-corrected chi connectivity index (χ2v) is 9.32. The van der Waals surface area contributed by atoms with E-state index in [1.165, 1.54) is 11.0 Å². The lowest BCUT2D eigenvalue weighted by Gasteiger charge is -2.36. The summed E-state index contributed by atoms with van der Waals surface area (Å²) in [7, 11) is 0. The van der Waals surface area contributed by atoms with Crippen molar-refractivity contribution in [3.8, 4) is 0 Å². The highest BCUT2D eigenvalue weighted by molar-refractivity contribution is 6.05. The molecular weight excluding hydrogens is 451 g/mol. The van der Waals surface area contributed by atoms with Crippen LogP contribution in [0.4, 0.5) is 10.1 Å². The van der Waals surface area contributed by atoms with Crippen LogP contribution in [0.25, 0.3) is 5.65 Å². The Morgan fingerprint density at radius 2 is 1.91 bits per heavy atom. The Kier molecular flexibility index (Phi) is 5.25. The number of imide groups is 1. The predicted octanol–water partition coefficient (Wildman–Crippen LogP) is 1.56. The van der Waals surface area contributed by atoms with Crippen LogP contribution in [0.5, 0.6) is 0 Å². The third-order valence-corrected chi connectivity index (χ3v) is 7.10. The van der Waals surface area contributed by atoms with Crippen LogP contribution >= 0.6 is 0 Å². The van der Waals surface area contributed by atoms with Crippen molar-refractivity contribution in [3.05, 3.63) is 65.4 Å². The van der Waals surface area contributed by atoms with Crippen molar-refractivity contribution in [2.75, 3.05) is 31.1 Å². The first-order valence-electron chi connectivity index (χ1n) is 11.8. The van der Waals surface area contributed by atoms with Gasteiger partial charge in [0.25, 0.3) is 5.91 Å². The smallest absolute Gasteiger partial charge is 0.255 e. The molecule has 2 saturated heterocycles. The van der Waals surface area contributed by atoms with E-state index in [9.17, 15) is 14.4 Å². The van der Waals surface area contributed by atoms with E-state index < -0.39 is 17.8 Å². The summed E-state index contributed by atoms with van der Waals surface area (Å²) in [4.78, 5) is 47.1. The molecule has 10 heteroatoms. The molecule has 0 bridgehead atoms. The SMILES string of the molecule is O=C1CCC(N2Cc3cc(N4CCN(Cc5cn6ccccc6n5)CC4)c(F)cc3C2=O)C(=O)N1. The second kappa shape index (κ2) is 8.46. The molecule has 6 rings (SSSR count). The van der Waals surface area contributed by atoms with Crippen LogP contribution < -0.4 is 10.2 Å². The van der Waals surface area contributed by atoms with Crippen LogP contribution in [0, 0.1) is 5.82 Å². The third kappa shape index (κ3) is 3.93. The van der Waals surface area contributed by atoms with Crippen LogP contribution in [0.2, 0.25) is 0 Å². The summed E-state index contributed by atoms with van der Waals surface area (Å²) in [5, 5.41) is 2.29. The summed E-state index contributed by atoms with van der Waals surface area (Å²) >= 11 is 0. The van der Waals surface area contributed by atoms with Crippen LogP contribution in [-0.4, -0.2) is 69.1 Å². The fraction of sp³-hybridized carbons (Fsp3) is 0.360. The van der Waals surface area contributed by atoms with Gasteiger partial charge >= 0.3 is 0 Å². The first-order chi connectivity index (χ1) is 17.0. The Hall–Kier alpha value is -3.79. The maximum atomic E-state index is 15.1. The van der Waals surface area contributed by atoms with Gasteiger partial charge in [-0.2, -0.15) is 0 Å². The lowest BCUT2D eigenvalue weighted by Crippen LogP contribution is -2.52. The summed E-state index contributed by atoms with van der Waals surface area (Å²) in [6, 6.07) is 8.24. The summed E-state index contributed by atoms with van der Waals surface area (Å²) in [5.74, 6) is -1.60. The molecule has 3 aliphatic heterocycles. The molecule has 0 aliphatic carbocycles. The van der Waals surface area contributed by atoms with Gasteiger partial charge < -0.3 is 14.2 Å². The molecule has 35 heavy (non-hydrogen) atoms. The fourth-order valence-electron chi connectivity index (χ4n) is 5.26. The van der Waals surface area contributed by atoms with Crippen molar-refractivity contribution in [2.24, 2.45) is 0 Å². The maximum Gasteiger partial charge on any atom is 0.255 e. The van der Waals surface area contributed by atoms with Gasteiger partial charge in [-0.1, -0.05) is 6.07 Å². The van der Waals surface area contributed by atoms with E-state index in [-0.39, 0.29) is 31.2 Å². The van der Waals surface area contributed by atoms with E-state index in [4.69, 9.17) is 0 Å². The number of amides is 3. The quantitative estimate of drug-likeness (QED) is 0.575. The van der Waals surface area contributed by atoms with Crippen molar-refractivity contribution in [1.82, 2.24) is 24.5 Å². The molecule has 3 aliphatic rings. The largest absolute Gasteiger partial charge is 0.367 e. The lowest BCUT2D eigenvalue weighted by molar-refractivity contribution is -0.136. The number of rotatable bonds is 4. The number of hydrogen-bond acceptors (Lipinski definition) is 6. The lowest BCUT2D eigenvalue weighted by atomic mass is 10.0. The number of fused-ring (bicyclic) bond motifs is 2. The molecule has 1 N–H and O–H groups in total. The molecule has 1 aromatic carbocycles. The summed E-state index contributed by atoms with van der Waals surface area (Å²) < 4.78 is 17.1. The van der Waals surface area contributed by atoms with E-state index in [0.717, 1.165) is 31.0 Å². The topological polar surface area (TPSA) is 90.3 Å². The molecule has 1 atom stereocenters. The van der Waals surface area contributed by atoms with E-state index in [1.807, 2.05) is 39.9 Å². The molecule has 180 valence electrons. The fourth-order valence-corrected chi connectivity index (χ4v) is 5.26. The molecule has 9 nitrogen and oxygen atoms in total. The number of carbonyl (C=O) groups is 3. The summed E-state index contributed by atoms with van der Waals surface area (Å²) in [6.07, 6.45) is 4.49. The van der Waals surface area contributed by atoms with Gasteiger partial charge in [0.15, 0.2) is 0 Å². The van der Waals surface area contributed by atoms with Crippen molar-refractivity contribution >= 4 is 29.1 Å². The Morgan fingerprint density at radius 3 is 2.69 bits per heavy atom. The van der Waals surface area contributed by atoms with Crippen LogP contribution in [0.3, 0.4) is 0 Å². The molecule has 0 radical (unpaired) electrons. The van der Waals surface area contributed by atoms with Gasteiger partial charge in [-0.25, -0.2) is 9.37 Å². The van der Waals surface area contributed by atoms with Gasteiger partial charge in [-0.15, -0.1) is 0 Å². The number of piperidine rings is 1. The summed E-state index contributed by atoms with van der Waals surface area (Å²) in [6.45, 7) is 3.83. The minimum atomic E-state index is -0.706. The number of hydrogen-bond donors (Lipinski definition) is 1. The van der Waals surface area contributed by atoms with E-state index in [0.29, 0.717) is 29.9 Å². The van der Waals surface area contributed by atoms with Gasteiger partial charge in [0.05, 0.1) is 11.4 Å². The first-order valence-corrected chi connectivity index (χ1v) is 11.8. The van der Waals surface area contributed by atoms with Gasteiger partial charge in [0.1, 0.15) is 17.5 Å². The van der Waals surface area contributed by atoms with Crippen molar-refractivity contribution in [2.45, 2.75) is 32.0 Å². The molecule has 1 unspecified atom stereocenters. The van der Waals surface area contributed by atoms with Crippen LogP contribution in [-0.2, 0) is 22.7 Å². The summed E-state index contributed by atoms with van der Waals surface area (Å²) in [5.41, 5.74) is 3.40. The molecule has 3 aromatic rings. The van der Waals surface area contributed by atoms with Gasteiger partial charge in [0.2, 0.25) is 11.8 Å². The molecule has 0 spiro atoms. The molecule has 2 fully saturated rings. The van der Waals surface area contributed by atoms with Gasteiger partial charge in [0, 0.05) is 63.6 Å². The standard InChI is InChI=1S/C25H25FN6O3/c26-19-12-18-16(13-32(25(18)35)20-4-5-23(33)28-24(20)34)11-21(19)30-9-7-29(8-10-30)14-17-15-31-6-2-1-3-22(31)27-17/h1-3,6,11-12,15,20H,4-5,7-10,13-14H2,(H,28,33,34). The zero-order valence-corrected chi connectivity index (χ0v) is 19.1.